The minimum absolute atomic E-state index is 0.264. The van der Waals surface area contributed by atoms with E-state index in [0.29, 0.717) is 6.04 Å². The topological polar surface area (TPSA) is 39.1 Å². The number of nitrogens with zero attached hydrogens (tertiary/aromatic N) is 2. The predicted molar refractivity (Wildman–Crippen MR) is 76.1 cm³/mol. The van der Waals surface area contributed by atoms with Crippen molar-refractivity contribution in [3.05, 3.63) is 30.1 Å². The number of aromatic nitrogens is 2. The standard InChI is InChI=1S/C15H21N3O/c1-11(16-12-7-9-19-10-8-12)15-17-13-5-3-4-6-14(13)18(15)2/h3-6,11-12,16H,7-10H2,1-2H3. The van der Waals surface area contributed by atoms with Gasteiger partial charge in [-0.05, 0) is 31.9 Å². The second-order valence-corrected chi connectivity index (χ2v) is 5.29. The molecule has 1 aliphatic heterocycles. The van der Waals surface area contributed by atoms with E-state index < -0.39 is 0 Å². The number of imidazole rings is 1. The zero-order chi connectivity index (χ0) is 13.2. The van der Waals surface area contributed by atoms with Gasteiger partial charge in [0.1, 0.15) is 5.82 Å². The summed E-state index contributed by atoms with van der Waals surface area (Å²) in [4.78, 5) is 4.75. The van der Waals surface area contributed by atoms with Gasteiger partial charge in [-0.15, -0.1) is 0 Å². The molecule has 1 fully saturated rings. The fourth-order valence-corrected chi connectivity index (χ4v) is 2.84. The molecular formula is C15H21N3O. The van der Waals surface area contributed by atoms with E-state index in [1.54, 1.807) is 0 Å². The van der Waals surface area contributed by atoms with E-state index in [2.05, 4.69) is 42.1 Å². The van der Waals surface area contributed by atoms with Crippen LogP contribution in [0, 0.1) is 0 Å². The molecule has 0 aliphatic carbocycles. The average molecular weight is 259 g/mol. The van der Waals surface area contributed by atoms with Crippen molar-refractivity contribution in [2.45, 2.75) is 31.8 Å². The monoisotopic (exact) mass is 259 g/mol. The highest BCUT2D eigenvalue weighted by atomic mass is 16.5. The van der Waals surface area contributed by atoms with Crippen molar-refractivity contribution in [1.29, 1.82) is 0 Å². The van der Waals surface area contributed by atoms with Gasteiger partial charge in [-0.2, -0.15) is 0 Å². The smallest absolute Gasteiger partial charge is 0.126 e. The van der Waals surface area contributed by atoms with Crippen LogP contribution in [0.2, 0.25) is 0 Å². The second kappa shape index (κ2) is 5.31. The zero-order valence-electron chi connectivity index (χ0n) is 11.6. The Morgan fingerprint density at radius 1 is 1.32 bits per heavy atom. The van der Waals surface area contributed by atoms with Gasteiger partial charge in [0.2, 0.25) is 0 Å². The fourth-order valence-electron chi connectivity index (χ4n) is 2.84. The molecule has 1 aliphatic rings. The first-order valence-corrected chi connectivity index (χ1v) is 7.01. The normalized spacial score (nSPS) is 18.8. The highest BCUT2D eigenvalue weighted by Gasteiger charge is 2.19. The zero-order valence-corrected chi connectivity index (χ0v) is 11.6. The van der Waals surface area contributed by atoms with E-state index in [-0.39, 0.29) is 6.04 Å². The van der Waals surface area contributed by atoms with Gasteiger partial charge < -0.3 is 14.6 Å². The average Bonchev–Trinajstić information content (AvgIpc) is 2.78. The summed E-state index contributed by atoms with van der Waals surface area (Å²) in [5, 5.41) is 3.67. The maximum atomic E-state index is 5.40. The molecule has 0 radical (unpaired) electrons. The third-order valence-corrected chi connectivity index (χ3v) is 3.92. The van der Waals surface area contributed by atoms with Gasteiger partial charge in [-0.1, -0.05) is 12.1 Å². The summed E-state index contributed by atoms with van der Waals surface area (Å²) in [5.74, 6) is 1.10. The van der Waals surface area contributed by atoms with E-state index in [1.165, 1.54) is 5.52 Å². The fraction of sp³-hybridized carbons (Fsp3) is 0.533. The number of aryl methyl sites for hydroxylation is 1. The van der Waals surface area contributed by atoms with Gasteiger partial charge in [0.15, 0.2) is 0 Å². The van der Waals surface area contributed by atoms with Crippen molar-refractivity contribution in [3.8, 4) is 0 Å². The number of benzene rings is 1. The number of hydrogen-bond donors (Lipinski definition) is 1. The number of fused-ring (bicyclic) bond motifs is 1. The maximum absolute atomic E-state index is 5.40. The molecule has 1 atom stereocenters. The first-order valence-electron chi connectivity index (χ1n) is 7.01. The van der Waals surface area contributed by atoms with Gasteiger partial charge in [0.05, 0.1) is 17.1 Å². The number of para-hydroxylation sites is 2. The lowest BCUT2D eigenvalue weighted by atomic mass is 10.1. The van der Waals surface area contributed by atoms with Crippen molar-refractivity contribution >= 4 is 11.0 Å². The Balaban J connectivity index is 1.80. The lowest BCUT2D eigenvalue weighted by Gasteiger charge is -2.26. The number of ether oxygens (including phenoxy) is 1. The highest BCUT2D eigenvalue weighted by Crippen LogP contribution is 2.20. The van der Waals surface area contributed by atoms with Crippen LogP contribution in [0.5, 0.6) is 0 Å². The van der Waals surface area contributed by atoms with Crippen LogP contribution in [0.25, 0.3) is 11.0 Å². The van der Waals surface area contributed by atoms with E-state index in [0.717, 1.165) is 37.4 Å². The summed E-state index contributed by atoms with van der Waals surface area (Å²) in [6.45, 7) is 3.93. The Morgan fingerprint density at radius 2 is 2.05 bits per heavy atom. The van der Waals surface area contributed by atoms with Gasteiger partial charge in [0.25, 0.3) is 0 Å². The van der Waals surface area contributed by atoms with Crippen molar-refractivity contribution in [3.63, 3.8) is 0 Å². The molecule has 0 bridgehead atoms. The summed E-state index contributed by atoms with van der Waals surface area (Å²) >= 11 is 0. The summed E-state index contributed by atoms with van der Waals surface area (Å²) in [6, 6.07) is 9.09. The molecule has 0 saturated carbocycles. The van der Waals surface area contributed by atoms with E-state index >= 15 is 0 Å². The number of nitrogens with one attached hydrogen (secondary N) is 1. The molecule has 4 nitrogen and oxygen atoms in total. The molecule has 1 aromatic heterocycles. The molecule has 1 N–H and O–H groups in total. The predicted octanol–water partition coefficient (Wildman–Crippen LogP) is 2.40. The SMILES string of the molecule is CC(NC1CCOCC1)c1nc2ccccc2n1C. The molecule has 0 amide bonds. The van der Waals surface area contributed by atoms with Crippen molar-refractivity contribution in [2.24, 2.45) is 7.05 Å². The van der Waals surface area contributed by atoms with E-state index in [4.69, 9.17) is 9.72 Å². The summed E-state index contributed by atoms with van der Waals surface area (Å²) < 4.78 is 7.58. The molecule has 1 aromatic carbocycles. The number of rotatable bonds is 3. The minimum atomic E-state index is 0.264. The molecule has 19 heavy (non-hydrogen) atoms. The Bertz CT molecular complexity index is 558. The second-order valence-electron chi connectivity index (χ2n) is 5.29. The van der Waals surface area contributed by atoms with E-state index in [9.17, 15) is 0 Å². The van der Waals surface area contributed by atoms with Gasteiger partial charge in [0, 0.05) is 26.3 Å². The van der Waals surface area contributed by atoms with Crippen molar-refractivity contribution in [1.82, 2.24) is 14.9 Å². The van der Waals surface area contributed by atoms with Crippen molar-refractivity contribution in [2.75, 3.05) is 13.2 Å². The van der Waals surface area contributed by atoms with Gasteiger partial charge >= 0.3 is 0 Å². The first kappa shape index (κ1) is 12.6. The Labute approximate surface area is 113 Å². The molecule has 1 saturated heterocycles. The Hall–Kier alpha value is -1.39. The largest absolute Gasteiger partial charge is 0.381 e. The molecule has 102 valence electrons. The van der Waals surface area contributed by atoms with Crippen molar-refractivity contribution < 1.29 is 4.74 Å². The Morgan fingerprint density at radius 3 is 2.79 bits per heavy atom. The quantitative estimate of drug-likeness (QED) is 0.920. The third kappa shape index (κ3) is 2.51. The van der Waals surface area contributed by atoms with Crippen LogP contribution in [-0.4, -0.2) is 28.8 Å². The molecule has 0 spiro atoms. The molecular weight excluding hydrogens is 238 g/mol. The van der Waals surface area contributed by atoms with Gasteiger partial charge in [-0.25, -0.2) is 4.98 Å². The van der Waals surface area contributed by atoms with Crippen LogP contribution in [0.4, 0.5) is 0 Å². The first-order chi connectivity index (χ1) is 9.25. The molecule has 1 unspecified atom stereocenters. The van der Waals surface area contributed by atoms with Crippen LogP contribution in [0.3, 0.4) is 0 Å². The van der Waals surface area contributed by atoms with Crippen LogP contribution in [0.15, 0.2) is 24.3 Å². The van der Waals surface area contributed by atoms with Crippen LogP contribution < -0.4 is 5.32 Å². The Kier molecular flexibility index (Phi) is 3.53. The number of hydrogen-bond acceptors (Lipinski definition) is 3. The summed E-state index contributed by atoms with van der Waals surface area (Å²) in [7, 11) is 2.09. The minimum Gasteiger partial charge on any atom is -0.381 e. The van der Waals surface area contributed by atoms with E-state index in [1.807, 2.05) is 6.07 Å². The molecule has 4 heteroatoms. The molecule has 3 rings (SSSR count). The molecule has 2 aromatic rings. The van der Waals surface area contributed by atoms with Crippen LogP contribution in [0.1, 0.15) is 31.6 Å². The lowest BCUT2D eigenvalue weighted by Crippen LogP contribution is -2.37. The third-order valence-electron chi connectivity index (χ3n) is 3.92. The summed E-state index contributed by atoms with van der Waals surface area (Å²) in [5.41, 5.74) is 2.26. The van der Waals surface area contributed by atoms with Crippen LogP contribution in [-0.2, 0) is 11.8 Å². The lowest BCUT2D eigenvalue weighted by molar-refractivity contribution is 0.0751. The summed E-state index contributed by atoms with van der Waals surface area (Å²) in [6.07, 6.45) is 2.18. The maximum Gasteiger partial charge on any atom is 0.126 e. The molecule has 2 heterocycles. The van der Waals surface area contributed by atoms with Crippen LogP contribution >= 0.6 is 0 Å². The van der Waals surface area contributed by atoms with Gasteiger partial charge in [-0.3, -0.25) is 0 Å². The highest BCUT2D eigenvalue weighted by molar-refractivity contribution is 5.75.